The van der Waals surface area contributed by atoms with Gasteiger partial charge in [0, 0.05) is 18.7 Å². The van der Waals surface area contributed by atoms with Crippen LogP contribution in [0, 0.1) is 19.8 Å². The molecule has 3 rings (SSSR count). The zero-order valence-corrected chi connectivity index (χ0v) is 14.7. The molecule has 0 spiro atoms. The molecule has 1 aliphatic heterocycles. The molecule has 0 saturated carbocycles. The molecule has 1 aliphatic rings. The largest absolute Gasteiger partial charge is 0.356 e. The molecule has 0 aliphatic carbocycles. The lowest BCUT2D eigenvalue weighted by atomic mass is 10.0. The lowest BCUT2D eigenvalue weighted by Gasteiger charge is -2.31. The monoisotopic (exact) mass is 323 g/mol. The number of carbonyl (C=O) groups is 1. The van der Waals surface area contributed by atoms with E-state index in [0.717, 1.165) is 30.2 Å². The Hall–Kier alpha value is -2.36. The standard InChI is InChI=1S/C20H25N3O/c1-14-5-4-10-23(13-14)19-9-8-18(12-21-19)22-20(24)17-7-6-15(2)16(3)11-17/h6-9,11-12,14H,4-5,10,13H2,1-3H3,(H,22,24). The van der Waals surface area contributed by atoms with Gasteiger partial charge < -0.3 is 10.2 Å². The van der Waals surface area contributed by atoms with Crippen LogP contribution in [0.25, 0.3) is 0 Å². The van der Waals surface area contributed by atoms with Crippen LogP contribution < -0.4 is 10.2 Å². The summed E-state index contributed by atoms with van der Waals surface area (Å²) in [5.74, 6) is 1.61. The summed E-state index contributed by atoms with van der Waals surface area (Å²) in [6.45, 7) is 8.46. The number of rotatable bonds is 3. The van der Waals surface area contributed by atoms with Crippen molar-refractivity contribution in [3.63, 3.8) is 0 Å². The van der Waals surface area contributed by atoms with Crippen LogP contribution in [-0.2, 0) is 0 Å². The van der Waals surface area contributed by atoms with Crippen LogP contribution in [0.3, 0.4) is 0 Å². The first-order chi connectivity index (χ1) is 11.5. The molecule has 1 atom stereocenters. The number of nitrogens with one attached hydrogen (secondary N) is 1. The number of aryl methyl sites for hydroxylation is 2. The number of nitrogens with zero attached hydrogens (tertiary/aromatic N) is 2. The van der Waals surface area contributed by atoms with Crippen molar-refractivity contribution in [3.05, 3.63) is 53.2 Å². The van der Waals surface area contributed by atoms with E-state index in [4.69, 9.17) is 0 Å². The topological polar surface area (TPSA) is 45.2 Å². The fourth-order valence-corrected chi connectivity index (χ4v) is 3.13. The average Bonchev–Trinajstić information content (AvgIpc) is 2.58. The highest BCUT2D eigenvalue weighted by atomic mass is 16.1. The van der Waals surface area contributed by atoms with Gasteiger partial charge in [0.2, 0.25) is 0 Å². The number of hydrogen-bond acceptors (Lipinski definition) is 3. The molecule has 1 saturated heterocycles. The SMILES string of the molecule is Cc1ccc(C(=O)Nc2ccc(N3CCCC(C)C3)nc2)cc1C. The molecule has 24 heavy (non-hydrogen) atoms. The first kappa shape index (κ1) is 16.5. The van der Waals surface area contributed by atoms with Gasteiger partial charge in [0.15, 0.2) is 0 Å². The number of benzene rings is 1. The summed E-state index contributed by atoms with van der Waals surface area (Å²) >= 11 is 0. The summed E-state index contributed by atoms with van der Waals surface area (Å²) in [6, 6.07) is 9.67. The maximum Gasteiger partial charge on any atom is 0.255 e. The smallest absolute Gasteiger partial charge is 0.255 e. The fraction of sp³-hybridized carbons (Fsp3) is 0.400. The van der Waals surface area contributed by atoms with Crippen molar-refractivity contribution in [3.8, 4) is 0 Å². The number of carbonyl (C=O) groups excluding carboxylic acids is 1. The molecular weight excluding hydrogens is 298 g/mol. The van der Waals surface area contributed by atoms with Crippen LogP contribution in [0.2, 0.25) is 0 Å². The van der Waals surface area contributed by atoms with Gasteiger partial charge in [0.1, 0.15) is 5.82 Å². The van der Waals surface area contributed by atoms with Crippen LogP contribution in [0.1, 0.15) is 41.3 Å². The van der Waals surface area contributed by atoms with Crippen LogP contribution in [0.15, 0.2) is 36.5 Å². The van der Waals surface area contributed by atoms with Crippen molar-refractivity contribution in [2.45, 2.75) is 33.6 Å². The Morgan fingerprint density at radius 2 is 2.04 bits per heavy atom. The van der Waals surface area contributed by atoms with Gasteiger partial charge in [-0.25, -0.2) is 4.98 Å². The first-order valence-corrected chi connectivity index (χ1v) is 8.62. The van der Waals surface area contributed by atoms with Crippen LogP contribution in [-0.4, -0.2) is 24.0 Å². The van der Waals surface area contributed by atoms with Gasteiger partial charge in [-0.1, -0.05) is 13.0 Å². The van der Waals surface area contributed by atoms with E-state index in [1.807, 2.05) is 44.2 Å². The molecule has 4 heteroatoms. The Bertz CT molecular complexity index is 724. The van der Waals surface area contributed by atoms with Gasteiger partial charge in [-0.05, 0) is 68.0 Å². The van der Waals surface area contributed by atoms with Crippen molar-refractivity contribution in [2.75, 3.05) is 23.3 Å². The van der Waals surface area contributed by atoms with E-state index in [9.17, 15) is 4.79 Å². The Morgan fingerprint density at radius 3 is 2.71 bits per heavy atom. The molecule has 126 valence electrons. The van der Waals surface area contributed by atoms with Crippen LogP contribution in [0.5, 0.6) is 0 Å². The minimum Gasteiger partial charge on any atom is -0.356 e. The molecule has 2 heterocycles. The second-order valence-corrected chi connectivity index (χ2v) is 6.85. The zero-order valence-electron chi connectivity index (χ0n) is 14.7. The van der Waals surface area contributed by atoms with Gasteiger partial charge >= 0.3 is 0 Å². The van der Waals surface area contributed by atoms with E-state index in [2.05, 4.69) is 22.1 Å². The van der Waals surface area contributed by atoms with Gasteiger partial charge in [-0.3, -0.25) is 4.79 Å². The average molecular weight is 323 g/mol. The lowest BCUT2D eigenvalue weighted by molar-refractivity contribution is 0.102. The fourth-order valence-electron chi connectivity index (χ4n) is 3.13. The minimum atomic E-state index is -0.0979. The summed E-state index contributed by atoms with van der Waals surface area (Å²) in [6.07, 6.45) is 4.25. The quantitative estimate of drug-likeness (QED) is 0.921. The molecular formula is C20H25N3O. The normalized spacial score (nSPS) is 17.6. The molecule has 1 N–H and O–H groups in total. The number of amides is 1. The van der Waals surface area contributed by atoms with Gasteiger partial charge in [-0.15, -0.1) is 0 Å². The molecule has 4 nitrogen and oxygen atoms in total. The number of hydrogen-bond donors (Lipinski definition) is 1. The summed E-state index contributed by atoms with van der Waals surface area (Å²) in [7, 11) is 0. The van der Waals surface area contributed by atoms with Crippen molar-refractivity contribution >= 4 is 17.4 Å². The van der Waals surface area contributed by atoms with Gasteiger partial charge in [-0.2, -0.15) is 0 Å². The summed E-state index contributed by atoms with van der Waals surface area (Å²) in [5, 5.41) is 2.92. The molecule has 0 bridgehead atoms. The highest BCUT2D eigenvalue weighted by molar-refractivity contribution is 6.04. The number of piperidine rings is 1. The molecule has 1 aromatic heterocycles. The van der Waals surface area contributed by atoms with Crippen molar-refractivity contribution in [2.24, 2.45) is 5.92 Å². The highest BCUT2D eigenvalue weighted by Gasteiger charge is 2.17. The predicted molar refractivity (Wildman–Crippen MR) is 98.7 cm³/mol. The summed E-state index contributed by atoms with van der Waals surface area (Å²) < 4.78 is 0. The van der Waals surface area contributed by atoms with Gasteiger partial charge in [0.05, 0.1) is 11.9 Å². The summed E-state index contributed by atoms with van der Waals surface area (Å²) in [5.41, 5.74) is 3.71. The third kappa shape index (κ3) is 3.75. The third-order valence-electron chi connectivity index (χ3n) is 4.76. The molecule has 1 unspecified atom stereocenters. The van der Waals surface area contributed by atoms with E-state index in [1.165, 1.54) is 18.4 Å². The molecule has 1 fully saturated rings. The highest BCUT2D eigenvalue weighted by Crippen LogP contribution is 2.22. The minimum absolute atomic E-state index is 0.0979. The number of aromatic nitrogens is 1. The lowest BCUT2D eigenvalue weighted by Crippen LogP contribution is -2.34. The van der Waals surface area contributed by atoms with Gasteiger partial charge in [0.25, 0.3) is 5.91 Å². The van der Waals surface area contributed by atoms with E-state index in [1.54, 1.807) is 6.20 Å². The van der Waals surface area contributed by atoms with Crippen LogP contribution in [0.4, 0.5) is 11.5 Å². The molecule has 1 aromatic carbocycles. The Kier molecular flexibility index (Phi) is 4.84. The molecule has 2 aromatic rings. The second-order valence-electron chi connectivity index (χ2n) is 6.85. The second kappa shape index (κ2) is 7.04. The van der Waals surface area contributed by atoms with E-state index in [0.29, 0.717) is 11.5 Å². The van der Waals surface area contributed by atoms with Crippen molar-refractivity contribution < 1.29 is 4.79 Å². The summed E-state index contributed by atoms with van der Waals surface area (Å²) in [4.78, 5) is 19.2. The predicted octanol–water partition coefficient (Wildman–Crippen LogP) is 4.19. The molecule has 1 amide bonds. The maximum absolute atomic E-state index is 12.4. The van der Waals surface area contributed by atoms with Crippen molar-refractivity contribution in [1.82, 2.24) is 4.98 Å². The van der Waals surface area contributed by atoms with E-state index < -0.39 is 0 Å². The number of pyridine rings is 1. The van der Waals surface area contributed by atoms with Crippen LogP contribution >= 0.6 is 0 Å². The Balaban J connectivity index is 1.67. The zero-order chi connectivity index (χ0) is 17.1. The van der Waals surface area contributed by atoms with E-state index in [-0.39, 0.29) is 5.91 Å². The Labute approximate surface area is 143 Å². The third-order valence-corrected chi connectivity index (χ3v) is 4.76. The van der Waals surface area contributed by atoms with E-state index >= 15 is 0 Å². The molecule has 0 radical (unpaired) electrons. The Morgan fingerprint density at radius 1 is 1.21 bits per heavy atom. The number of anilines is 2. The maximum atomic E-state index is 12.4. The first-order valence-electron chi connectivity index (χ1n) is 8.62. The van der Waals surface area contributed by atoms with Crippen molar-refractivity contribution in [1.29, 1.82) is 0 Å².